The van der Waals surface area contributed by atoms with Gasteiger partial charge < -0.3 is 4.90 Å². The van der Waals surface area contributed by atoms with Crippen molar-refractivity contribution in [3.05, 3.63) is 58.7 Å². The van der Waals surface area contributed by atoms with Crippen molar-refractivity contribution >= 4 is 17.6 Å². The van der Waals surface area contributed by atoms with Crippen molar-refractivity contribution in [2.75, 3.05) is 11.4 Å². The molecule has 1 heterocycles. The third-order valence-electron chi connectivity index (χ3n) is 5.55. The number of anilines is 1. The molecule has 3 rings (SSSR count). The molecule has 1 aliphatic heterocycles. The molecule has 132 valence electrons. The van der Waals surface area contributed by atoms with Gasteiger partial charge in [-0.25, -0.2) is 0 Å². The predicted octanol–water partition coefficient (Wildman–Crippen LogP) is 6.17. The van der Waals surface area contributed by atoms with Crippen LogP contribution < -0.4 is 4.90 Å². The van der Waals surface area contributed by atoms with Gasteiger partial charge in [-0.15, -0.1) is 0 Å². The van der Waals surface area contributed by atoms with Crippen molar-refractivity contribution in [2.24, 2.45) is 4.99 Å². The number of aliphatic imine (C=N–C) groups is 1. The lowest BCUT2D eigenvalue weighted by molar-refractivity contribution is 0.381. The number of aryl methyl sites for hydroxylation is 2. The van der Waals surface area contributed by atoms with Crippen LogP contribution in [0.5, 0.6) is 0 Å². The highest BCUT2D eigenvalue weighted by Gasteiger charge is 2.35. The van der Waals surface area contributed by atoms with Gasteiger partial charge in [0.15, 0.2) is 0 Å². The molecule has 0 saturated carbocycles. The Morgan fingerprint density at radius 3 is 2.56 bits per heavy atom. The van der Waals surface area contributed by atoms with Crippen LogP contribution in [0.25, 0.3) is 0 Å². The van der Waals surface area contributed by atoms with Gasteiger partial charge in [-0.2, -0.15) is 0 Å². The third kappa shape index (κ3) is 3.35. The van der Waals surface area contributed by atoms with Crippen LogP contribution in [0.1, 0.15) is 62.3 Å². The number of para-hydroxylation sites is 1. The fourth-order valence-corrected chi connectivity index (χ4v) is 4.24. The van der Waals surface area contributed by atoms with Crippen LogP contribution in [-0.4, -0.2) is 18.3 Å². The molecule has 2 aromatic rings. The molecular weight excluding hydrogens is 304 g/mol. The summed E-state index contributed by atoms with van der Waals surface area (Å²) in [5.41, 5.74) is 7.84. The maximum absolute atomic E-state index is 4.74. The first-order valence-electron chi connectivity index (χ1n) is 9.35. The molecule has 25 heavy (non-hydrogen) atoms. The fraction of sp³-hybridized carbons (Fsp3) is 0.435. The molecule has 0 bridgehead atoms. The van der Waals surface area contributed by atoms with Crippen LogP contribution in [0, 0.1) is 13.8 Å². The number of benzene rings is 2. The Hall–Kier alpha value is -2.09. The van der Waals surface area contributed by atoms with Gasteiger partial charge in [-0.05, 0) is 87.4 Å². The summed E-state index contributed by atoms with van der Waals surface area (Å²) in [7, 11) is 0. The first kappa shape index (κ1) is 17.7. The summed E-state index contributed by atoms with van der Waals surface area (Å²) in [6, 6.07) is 13.0. The monoisotopic (exact) mass is 334 g/mol. The molecule has 0 aliphatic carbocycles. The second kappa shape index (κ2) is 6.67. The second-order valence-corrected chi connectivity index (χ2v) is 7.97. The Labute approximate surface area is 152 Å². The minimum Gasteiger partial charge on any atom is -0.366 e. The van der Waals surface area contributed by atoms with Gasteiger partial charge in [0, 0.05) is 24.0 Å². The Morgan fingerprint density at radius 2 is 1.88 bits per heavy atom. The molecule has 0 saturated heterocycles. The van der Waals surface area contributed by atoms with Crippen molar-refractivity contribution in [1.29, 1.82) is 0 Å². The van der Waals surface area contributed by atoms with Gasteiger partial charge in [-0.1, -0.05) is 25.1 Å². The molecule has 0 radical (unpaired) electrons. The first-order valence-corrected chi connectivity index (χ1v) is 9.35. The largest absolute Gasteiger partial charge is 0.366 e. The van der Waals surface area contributed by atoms with Gasteiger partial charge in [0.1, 0.15) is 0 Å². The quantitative estimate of drug-likeness (QED) is 0.613. The Balaban J connectivity index is 2.02. The fourth-order valence-electron chi connectivity index (χ4n) is 4.24. The topological polar surface area (TPSA) is 15.6 Å². The molecule has 2 nitrogen and oxygen atoms in total. The van der Waals surface area contributed by atoms with E-state index in [1.807, 2.05) is 12.3 Å². The van der Waals surface area contributed by atoms with E-state index in [9.17, 15) is 0 Å². The van der Waals surface area contributed by atoms with E-state index >= 15 is 0 Å². The summed E-state index contributed by atoms with van der Waals surface area (Å²) in [6.45, 7) is 14.7. The van der Waals surface area contributed by atoms with E-state index in [4.69, 9.17) is 4.99 Å². The molecule has 0 aromatic heterocycles. The smallest absolute Gasteiger partial charge is 0.0659 e. The third-order valence-corrected chi connectivity index (χ3v) is 5.55. The van der Waals surface area contributed by atoms with E-state index in [1.165, 1.54) is 34.4 Å². The Bertz CT molecular complexity index is 802. The van der Waals surface area contributed by atoms with Crippen molar-refractivity contribution in [2.45, 2.75) is 59.4 Å². The van der Waals surface area contributed by atoms with E-state index in [-0.39, 0.29) is 5.54 Å². The van der Waals surface area contributed by atoms with Gasteiger partial charge >= 0.3 is 0 Å². The van der Waals surface area contributed by atoms with E-state index in [0.29, 0.717) is 5.92 Å². The van der Waals surface area contributed by atoms with E-state index in [1.54, 1.807) is 0 Å². The molecule has 1 atom stereocenters. The summed E-state index contributed by atoms with van der Waals surface area (Å²) in [6.07, 6.45) is 3.21. The lowest BCUT2D eigenvalue weighted by Gasteiger charge is -2.47. The van der Waals surface area contributed by atoms with Crippen molar-refractivity contribution < 1.29 is 0 Å². The average molecular weight is 335 g/mol. The Morgan fingerprint density at radius 1 is 1.16 bits per heavy atom. The van der Waals surface area contributed by atoms with Crippen molar-refractivity contribution in [3.8, 4) is 0 Å². The molecule has 0 N–H and O–H groups in total. The van der Waals surface area contributed by atoms with E-state index < -0.39 is 0 Å². The molecule has 1 aliphatic rings. The molecular formula is C23H30N2. The summed E-state index contributed by atoms with van der Waals surface area (Å²) >= 11 is 0. The zero-order valence-corrected chi connectivity index (χ0v) is 16.4. The number of nitrogens with zero attached hydrogens (tertiary/aromatic N) is 2. The first-order chi connectivity index (χ1) is 11.8. The zero-order chi connectivity index (χ0) is 18.2. The van der Waals surface area contributed by atoms with Gasteiger partial charge in [-0.3, -0.25) is 4.99 Å². The highest BCUT2D eigenvalue weighted by Crippen LogP contribution is 2.44. The van der Waals surface area contributed by atoms with Crippen LogP contribution in [0.2, 0.25) is 0 Å². The average Bonchev–Trinajstić information content (AvgIpc) is 2.54. The minimum atomic E-state index is 0.213. The SMILES string of the molecule is CCN1c2cc(C)c(C=Nc3ccccc3C)cc2C(C)CC1(C)C. The lowest BCUT2D eigenvalue weighted by Crippen LogP contribution is -2.48. The molecule has 0 spiro atoms. The maximum atomic E-state index is 4.74. The van der Waals surface area contributed by atoms with Crippen LogP contribution in [0.15, 0.2) is 41.4 Å². The summed E-state index contributed by atoms with van der Waals surface area (Å²) in [5.74, 6) is 0.569. The van der Waals surface area contributed by atoms with Crippen LogP contribution in [0.4, 0.5) is 11.4 Å². The van der Waals surface area contributed by atoms with Crippen molar-refractivity contribution in [1.82, 2.24) is 0 Å². The van der Waals surface area contributed by atoms with Gasteiger partial charge in [0.05, 0.1) is 5.69 Å². The summed E-state index contributed by atoms with van der Waals surface area (Å²) in [4.78, 5) is 7.29. The number of hydrogen-bond donors (Lipinski definition) is 0. The Kier molecular flexibility index (Phi) is 4.73. The molecule has 0 amide bonds. The molecule has 1 unspecified atom stereocenters. The van der Waals surface area contributed by atoms with Crippen LogP contribution in [-0.2, 0) is 0 Å². The second-order valence-electron chi connectivity index (χ2n) is 7.97. The van der Waals surface area contributed by atoms with Crippen LogP contribution >= 0.6 is 0 Å². The number of hydrogen-bond acceptors (Lipinski definition) is 2. The van der Waals surface area contributed by atoms with E-state index in [2.05, 4.69) is 76.8 Å². The van der Waals surface area contributed by atoms with Gasteiger partial charge in [0.2, 0.25) is 0 Å². The standard InChI is InChI=1S/C23H30N2/c1-7-25-22-12-17(3)19(13-20(22)18(4)14-23(25,5)6)15-24-21-11-9-8-10-16(21)2/h8-13,15,18H,7,14H2,1-6H3. The summed E-state index contributed by atoms with van der Waals surface area (Å²) < 4.78 is 0. The highest BCUT2D eigenvalue weighted by molar-refractivity contribution is 5.86. The zero-order valence-electron chi connectivity index (χ0n) is 16.4. The minimum absolute atomic E-state index is 0.213. The molecule has 2 aromatic carbocycles. The number of rotatable bonds is 3. The van der Waals surface area contributed by atoms with E-state index in [0.717, 1.165) is 12.2 Å². The lowest BCUT2D eigenvalue weighted by atomic mass is 9.79. The molecule has 2 heteroatoms. The maximum Gasteiger partial charge on any atom is 0.0659 e. The predicted molar refractivity (Wildman–Crippen MR) is 110 cm³/mol. The highest BCUT2D eigenvalue weighted by atomic mass is 15.2. The van der Waals surface area contributed by atoms with Crippen LogP contribution in [0.3, 0.4) is 0 Å². The summed E-state index contributed by atoms with van der Waals surface area (Å²) in [5, 5.41) is 0. The normalized spacial score (nSPS) is 19.3. The molecule has 0 fully saturated rings. The van der Waals surface area contributed by atoms with Gasteiger partial charge in [0.25, 0.3) is 0 Å². The van der Waals surface area contributed by atoms with Crippen molar-refractivity contribution in [3.63, 3.8) is 0 Å². The number of fused-ring (bicyclic) bond motifs is 1.